The molecule has 0 aliphatic heterocycles. The molecule has 4 heteroatoms. The first-order valence-corrected chi connectivity index (χ1v) is 9.14. The lowest BCUT2D eigenvalue weighted by molar-refractivity contribution is -0.137. The van der Waals surface area contributed by atoms with Gasteiger partial charge in [0.05, 0.1) is 0 Å². The third-order valence-corrected chi connectivity index (χ3v) is 4.67. The Morgan fingerprint density at radius 2 is 1.96 bits per heavy atom. The summed E-state index contributed by atoms with van der Waals surface area (Å²) in [6.45, 7) is 2.77. The number of hydrogen-bond acceptors (Lipinski definition) is 2. The van der Waals surface area contributed by atoms with Crippen LogP contribution in [-0.2, 0) is 28.9 Å². The topological polar surface area (TPSA) is 66.4 Å². The molecule has 0 saturated carbocycles. The summed E-state index contributed by atoms with van der Waals surface area (Å²) < 4.78 is 0. The highest BCUT2D eigenvalue weighted by molar-refractivity contribution is 5.76. The quantitative estimate of drug-likeness (QED) is 0.645. The number of amides is 1. The Balaban J connectivity index is 1.62. The molecular weight excluding hydrogens is 302 g/mol. The zero-order chi connectivity index (χ0) is 17.4. The standard InChI is InChI=1S/C20H29NO3/c1-15(12-16-9-10-17-6-5-7-18(17)14-16)13-19(22)21-11-4-2-3-8-20(23)24/h9-10,14-15H,2-8,11-13H2,1H3,(H,21,22)(H,23,24). The van der Waals surface area contributed by atoms with E-state index in [1.807, 2.05) is 0 Å². The number of carboxylic acid groups (broad SMARTS) is 1. The molecule has 1 amide bonds. The Morgan fingerprint density at radius 3 is 2.75 bits per heavy atom. The summed E-state index contributed by atoms with van der Waals surface area (Å²) in [6.07, 6.45) is 7.75. The molecule has 0 spiro atoms. The molecule has 132 valence electrons. The second-order valence-electron chi connectivity index (χ2n) is 7.02. The van der Waals surface area contributed by atoms with E-state index in [4.69, 9.17) is 5.11 Å². The predicted molar refractivity (Wildman–Crippen MR) is 95.1 cm³/mol. The minimum Gasteiger partial charge on any atom is -0.481 e. The van der Waals surface area contributed by atoms with Crippen molar-refractivity contribution in [2.24, 2.45) is 5.92 Å². The highest BCUT2D eigenvalue weighted by Crippen LogP contribution is 2.24. The Labute approximate surface area is 144 Å². The number of benzene rings is 1. The van der Waals surface area contributed by atoms with Crippen molar-refractivity contribution in [1.82, 2.24) is 5.32 Å². The Kier molecular flexibility index (Phi) is 7.29. The maximum atomic E-state index is 12.0. The van der Waals surface area contributed by atoms with Crippen molar-refractivity contribution in [3.63, 3.8) is 0 Å². The molecule has 2 N–H and O–H groups in total. The first kappa shape index (κ1) is 18.5. The molecule has 0 saturated heterocycles. The number of nitrogens with one attached hydrogen (secondary N) is 1. The first-order valence-electron chi connectivity index (χ1n) is 9.14. The molecule has 2 rings (SSSR count). The molecular formula is C20H29NO3. The molecule has 0 heterocycles. The van der Waals surface area contributed by atoms with Crippen LogP contribution in [0.2, 0.25) is 0 Å². The smallest absolute Gasteiger partial charge is 0.303 e. The number of carboxylic acids is 1. The molecule has 1 aromatic rings. The fraction of sp³-hybridized carbons (Fsp3) is 0.600. The van der Waals surface area contributed by atoms with Crippen LogP contribution in [0.1, 0.15) is 62.1 Å². The molecule has 4 nitrogen and oxygen atoms in total. The number of aryl methyl sites for hydroxylation is 2. The Bertz CT molecular complexity index is 568. The molecule has 0 aromatic heterocycles. The van der Waals surface area contributed by atoms with E-state index in [1.165, 1.54) is 36.0 Å². The molecule has 1 unspecified atom stereocenters. The lowest BCUT2D eigenvalue weighted by Gasteiger charge is -2.13. The second kappa shape index (κ2) is 9.45. The first-order chi connectivity index (χ1) is 11.5. The van der Waals surface area contributed by atoms with Gasteiger partial charge in [-0.3, -0.25) is 9.59 Å². The van der Waals surface area contributed by atoms with Gasteiger partial charge in [0.15, 0.2) is 0 Å². The number of carbonyl (C=O) groups excluding carboxylic acids is 1. The van der Waals surface area contributed by atoms with Crippen molar-refractivity contribution in [2.75, 3.05) is 6.54 Å². The van der Waals surface area contributed by atoms with E-state index in [1.54, 1.807) is 0 Å². The van der Waals surface area contributed by atoms with Gasteiger partial charge in [-0.15, -0.1) is 0 Å². The van der Waals surface area contributed by atoms with Gasteiger partial charge in [-0.1, -0.05) is 31.5 Å². The van der Waals surface area contributed by atoms with E-state index in [9.17, 15) is 9.59 Å². The van der Waals surface area contributed by atoms with Crippen molar-refractivity contribution >= 4 is 11.9 Å². The van der Waals surface area contributed by atoms with Crippen molar-refractivity contribution in [2.45, 2.75) is 64.7 Å². The number of fused-ring (bicyclic) bond motifs is 1. The van der Waals surface area contributed by atoms with Gasteiger partial charge < -0.3 is 10.4 Å². The number of hydrogen-bond donors (Lipinski definition) is 2. The average molecular weight is 331 g/mol. The largest absolute Gasteiger partial charge is 0.481 e. The molecule has 1 atom stereocenters. The van der Waals surface area contributed by atoms with Crippen LogP contribution < -0.4 is 5.32 Å². The van der Waals surface area contributed by atoms with Gasteiger partial charge in [-0.2, -0.15) is 0 Å². The van der Waals surface area contributed by atoms with Gasteiger partial charge in [-0.05, 0) is 61.1 Å². The molecule has 1 aliphatic carbocycles. The van der Waals surface area contributed by atoms with Gasteiger partial charge in [0, 0.05) is 19.4 Å². The summed E-state index contributed by atoms with van der Waals surface area (Å²) >= 11 is 0. The highest BCUT2D eigenvalue weighted by Gasteiger charge is 2.13. The van der Waals surface area contributed by atoms with Gasteiger partial charge >= 0.3 is 5.97 Å². The van der Waals surface area contributed by atoms with Crippen LogP contribution in [0.4, 0.5) is 0 Å². The molecule has 1 aromatic carbocycles. The fourth-order valence-corrected chi connectivity index (χ4v) is 3.42. The molecule has 0 radical (unpaired) electrons. The third kappa shape index (κ3) is 6.34. The Morgan fingerprint density at radius 1 is 1.17 bits per heavy atom. The van der Waals surface area contributed by atoms with Crippen LogP contribution in [-0.4, -0.2) is 23.5 Å². The SMILES string of the molecule is CC(CC(=O)NCCCCCC(=O)O)Cc1ccc2c(c1)CCC2. The van der Waals surface area contributed by atoms with E-state index in [2.05, 4.69) is 30.4 Å². The summed E-state index contributed by atoms with van der Waals surface area (Å²) in [4.78, 5) is 22.4. The minimum absolute atomic E-state index is 0.0990. The zero-order valence-electron chi connectivity index (χ0n) is 14.6. The minimum atomic E-state index is -0.751. The van der Waals surface area contributed by atoms with Gasteiger partial charge in [0.25, 0.3) is 0 Å². The van der Waals surface area contributed by atoms with Gasteiger partial charge in [-0.25, -0.2) is 0 Å². The zero-order valence-corrected chi connectivity index (χ0v) is 14.6. The van der Waals surface area contributed by atoms with Crippen LogP contribution in [0.15, 0.2) is 18.2 Å². The van der Waals surface area contributed by atoms with E-state index in [-0.39, 0.29) is 12.3 Å². The van der Waals surface area contributed by atoms with E-state index >= 15 is 0 Å². The fourth-order valence-electron chi connectivity index (χ4n) is 3.42. The van der Waals surface area contributed by atoms with Crippen LogP contribution in [0.25, 0.3) is 0 Å². The molecule has 1 aliphatic rings. The molecule has 24 heavy (non-hydrogen) atoms. The van der Waals surface area contributed by atoms with Crippen LogP contribution >= 0.6 is 0 Å². The van der Waals surface area contributed by atoms with Crippen LogP contribution in [0, 0.1) is 5.92 Å². The summed E-state index contributed by atoms with van der Waals surface area (Å²) in [5.74, 6) is -0.322. The lowest BCUT2D eigenvalue weighted by Crippen LogP contribution is -2.26. The van der Waals surface area contributed by atoms with E-state index < -0.39 is 5.97 Å². The van der Waals surface area contributed by atoms with Crippen molar-refractivity contribution < 1.29 is 14.7 Å². The number of aliphatic carboxylic acids is 1. The van der Waals surface area contributed by atoms with Gasteiger partial charge in [0.2, 0.25) is 5.91 Å². The van der Waals surface area contributed by atoms with Gasteiger partial charge in [0.1, 0.15) is 0 Å². The molecule has 0 bridgehead atoms. The Hall–Kier alpha value is -1.84. The van der Waals surface area contributed by atoms with Crippen molar-refractivity contribution in [3.05, 3.63) is 34.9 Å². The summed E-state index contributed by atoms with van der Waals surface area (Å²) in [7, 11) is 0. The lowest BCUT2D eigenvalue weighted by atomic mass is 9.95. The predicted octanol–water partition coefficient (Wildman–Crippen LogP) is 3.51. The van der Waals surface area contributed by atoms with E-state index in [0.29, 0.717) is 25.3 Å². The summed E-state index contributed by atoms with van der Waals surface area (Å²) in [5.41, 5.74) is 4.32. The van der Waals surface area contributed by atoms with Crippen molar-refractivity contribution in [1.29, 1.82) is 0 Å². The number of carbonyl (C=O) groups is 2. The van der Waals surface area contributed by atoms with Crippen LogP contribution in [0.3, 0.4) is 0 Å². The highest BCUT2D eigenvalue weighted by atomic mass is 16.4. The third-order valence-electron chi connectivity index (χ3n) is 4.67. The van der Waals surface area contributed by atoms with Crippen molar-refractivity contribution in [3.8, 4) is 0 Å². The maximum Gasteiger partial charge on any atom is 0.303 e. The van der Waals surface area contributed by atoms with E-state index in [0.717, 1.165) is 19.3 Å². The summed E-state index contributed by atoms with van der Waals surface area (Å²) in [5, 5.41) is 11.5. The number of rotatable bonds is 10. The number of unbranched alkanes of at least 4 members (excludes halogenated alkanes) is 2. The molecule has 0 fully saturated rings. The van der Waals surface area contributed by atoms with Crippen LogP contribution in [0.5, 0.6) is 0 Å². The monoisotopic (exact) mass is 331 g/mol. The summed E-state index contributed by atoms with van der Waals surface area (Å²) in [6, 6.07) is 6.78. The second-order valence-corrected chi connectivity index (χ2v) is 7.02. The normalized spacial score (nSPS) is 14.2. The average Bonchev–Trinajstić information content (AvgIpc) is 2.97. The maximum absolute atomic E-state index is 12.0.